The largest absolute Gasteiger partial charge is 0.466 e. The summed E-state index contributed by atoms with van der Waals surface area (Å²) in [5.41, 5.74) is 0.548. The first-order valence-electron chi connectivity index (χ1n) is 5.21. The van der Waals surface area contributed by atoms with Crippen LogP contribution >= 0.6 is 23.4 Å². The molecule has 5 heteroatoms. The Bertz CT molecular complexity index is 406. The maximum absolute atomic E-state index is 11.7. The van der Waals surface area contributed by atoms with Crippen LogP contribution in [0.2, 0.25) is 5.02 Å². The molecule has 0 aliphatic carbocycles. The van der Waals surface area contributed by atoms with Gasteiger partial charge in [-0.25, -0.2) is 0 Å². The fourth-order valence-electron chi connectivity index (χ4n) is 1.16. The summed E-state index contributed by atoms with van der Waals surface area (Å²) in [5.74, 6) is 0.142. The lowest BCUT2D eigenvalue weighted by Gasteiger charge is -2.02. The Morgan fingerprint density at radius 1 is 1.41 bits per heavy atom. The van der Waals surface area contributed by atoms with Gasteiger partial charge in [-0.05, 0) is 19.1 Å². The number of carbonyl (C=O) groups is 2. The second kappa shape index (κ2) is 7.35. The molecule has 0 saturated heterocycles. The summed E-state index contributed by atoms with van der Waals surface area (Å²) in [6, 6.07) is 6.75. The van der Waals surface area contributed by atoms with E-state index in [1.807, 2.05) is 0 Å². The highest BCUT2D eigenvalue weighted by Gasteiger charge is 2.08. The third-order valence-corrected chi connectivity index (χ3v) is 3.05. The molecule has 0 aliphatic rings. The van der Waals surface area contributed by atoms with Crippen LogP contribution in [0.1, 0.15) is 23.7 Å². The lowest BCUT2D eigenvalue weighted by Crippen LogP contribution is -2.06. The minimum absolute atomic E-state index is 0.0863. The number of ether oxygens (including phenoxy) is 1. The zero-order valence-electron chi connectivity index (χ0n) is 9.44. The highest BCUT2D eigenvalue weighted by atomic mass is 35.5. The molecule has 0 aromatic heterocycles. The van der Waals surface area contributed by atoms with Crippen molar-refractivity contribution >= 4 is 34.4 Å². The van der Waals surface area contributed by atoms with Crippen molar-refractivity contribution in [2.24, 2.45) is 0 Å². The van der Waals surface area contributed by atoms with E-state index in [2.05, 4.69) is 0 Å². The molecule has 92 valence electrons. The average Bonchev–Trinajstić information content (AvgIpc) is 2.29. The Morgan fingerprint density at radius 3 is 2.82 bits per heavy atom. The van der Waals surface area contributed by atoms with Crippen molar-refractivity contribution in [2.45, 2.75) is 13.3 Å². The van der Waals surface area contributed by atoms with E-state index >= 15 is 0 Å². The van der Waals surface area contributed by atoms with Gasteiger partial charge in [0.2, 0.25) is 5.12 Å². The molecule has 0 radical (unpaired) electrons. The van der Waals surface area contributed by atoms with Crippen molar-refractivity contribution in [3.8, 4) is 0 Å². The van der Waals surface area contributed by atoms with Gasteiger partial charge in [-0.3, -0.25) is 9.59 Å². The van der Waals surface area contributed by atoms with Crippen molar-refractivity contribution in [3.05, 3.63) is 34.9 Å². The molecule has 0 unspecified atom stereocenters. The van der Waals surface area contributed by atoms with E-state index in [4.69, 9.17) is 16.3 Å². The third kappa shape index (κ3) is 5.24. The van der Waals surface area contributed by atoms with E-state index < -0.39 is 0 Å². The molecule has 0 bridgehead atoms. The number of halogens is 1. The molecule has 17 heavy (non-hydrogen) atoms. The SMILES string of the molecule is CCOC(=O)CCSC(=O)c1cccc(Cl)c1. The topological polar surface area (TPSA) is 43.4 Å². The number of carbonyl (C=O) groups excluding carboxylic acids is 2. The van der Waals surface area contributed by atoms with Gasteiger partial charge in [-0.15, -0.1) is 0 Å². The van der Waals surface area contributed by atoms with Gasteiger partial charge in [-0.2, -0.15) is 0 Å². The van der Waals surface area contributed by atoms with Crippen LogP contribution in [0.4, 0.5) is 0 Å². The van der Waals surface area contributed by atoms with Gasteiger partial charge < -0.3 is 4.74 Å². The Hall–Kier alpha value is -1.00. The van der Waals surface area contributed by atoms with Crippen LogP contribution in [-0.2, 0) is 9.53 Å². The number of hydrogen-bond acceptors (Lipinski definition) is 4. The highest BCUT2D eigenvalue weighted by Crippen LogP contribution is 2.17. The maximum Gasteiger partial charge on any atom is 0.306 e. The number of benzene rings is 1. The fourth-order valence-corrected chi connectivity index (χ4v) is 2.10. The van der Waals surface area contributed by atoms with Crippen LogP contribution in [0.15, 0.2) is 24.3 Å². The maximum atomic E-state index is 11.7. The predicted molar refractivity (Wildman–Crippen MR) is 69.5 cm³/mol. The summed E-state index contributed by atoms with van der Waals surface area (Å²) < 4.78 is 4.76. The molecular formula is C12H13ClO3S. The zero-order chi connectivity index (χ0) is 12.7. The zero-order valence-corrected chi connectivity index (χ0v) is 11.0. The van der Waals surface area contributed by atoms with E-state index in [0.29, 0.717) is 22.9 Å². The van der Waals surface area contributed by atoms with E-state index in [1.54, 1.807) is 31.2 Å². The molecule has 1 aromatic carbocycles. The molecule has 0 N–H and O–H groups in total. The van der Waals surface area contributed by atoms with E-state index in [1.165, 1.54) is 0 Å². The number of esters is 1. The van der Waals surface area contributed by atoms with Crippen LogP contribution in [0.25, 0.3) is 0 Å². The Balaban J connectivity index is 2.38. The van der Waals surface area contributed by atoms with Crippen LogP contribution in [0.5, 0.6) is 0 Å². The van der Waals surface area contributed by atoms with Crippen LogP contribution in [0.3, 0.4) is 0 Å². The second-order valence-corrected chi connectivity index (χ2v) is 4.71. The summed E-state index contributed by atoms with van der Waals surface area (Å²) in [6.07, 6.45) is 0.241. The molecule has 0 saturated carbocycles. The Kier molecular flexibility index (Phi) is 6.08. The molecule has 0 aliphatic heterocycles. The first-order chi connectivity index (χ1) is 8.13. The summed E-state index contributed by atoms with van der Waals surface area (Å²) in [4.78, 5) is 22.7. The number of hydrogen-bond donors (Lipinski definition) is 0. The van der Waals surface area contributed by atoms with Gasteiger partial charge in [0.1, 0.15) is 0 Å². The second-order valence-electron chi connectivity index (χ2n) is 3.20. The predicted octanol–water partition coefficient (Wildman–Crippen LogP) is 3.17. The van der Waals surface area contributed by atoms with Crippen LogP contribution in [-0.4, -0.2) is 23.4 Å². The summed E-state index contributed by atoms with van der Waals surface area (Å²) >= 11 is 6.87. The highest BCUT2D eigenvalue weighted by molar-refractivity contribution is 8.14. The van der Waals surface area contributed by atoms with E-state index in [0.717, 1.165) is 11.8 Å². The summed E-state index contributed by atoms with van der Waals surface area (Å²) in [5, 5.41) is 0.443. The van der Waals surface area contributed by atoms with Crippen molar-refractivity contribution in [2.75, 3.05) is 12.4 Å². The standard InChI is InChI=1S/C12H13ClO3S/c1-2-16-11(14)6-7-17-12(15)9-4-3-5-10(13)8-9/h3-5,8H,2,6-7H2,1H3. The summed E-state index contributed by atoms with van der Waals surface area (Å²) in [6.45, 7) is 2.12. The van der Waals surface area contributed by atoms with Gasteiger partial charge >= 0.3 is 5.97 Å². The first kappa shape index (κ1) is 14.1. The molecule has 3 nitrogen and oxygen atoms in total. The lowest BCUT2D eigenvalue weighted by molar-refractivity contribution is -0.142. The van der Waals surface area contributed by atoms with Gasteiger partial charge in [0.15, 0.2) is 0 Å². The van der Waals surface area contributed by atoms with Gasteiger partial charge in [0.05, 0.1) is 13.0 Å². The first-order valence-corrected chi connectivity index (χ1v) is 6.58. The van der Waals surface area contributed by atoms with Gasteiger partial charge in [0, 0.05) is 16.3 Å². The van der Waals surface area contributed by atoms with Crippen molar-refractivity contribution in [1.82, 2.24) is 0 Å². The van der Waals surface area contributed by atoms with Crippen molar-refractivity contribution in [1.29, 1.82) is 0 Å². The number of rotatable bonds is 5. The average molecular weight is 273 g/mol. The molecule has 0 atom stereocenters. The third-order valence-electron chi connectivity index (χ3n) is 1.90. The molecule has 0 fully saturated rings. The lowest BCUT2D eigenvalue weighted by atomic mass is 10.2. The van der Waals surface area contributed by atoms with E-state index in [-0.39, 0.29) is 17.5 Å². The quantitative estimate of drug-likeness (QED) is 0.772. The minimum Gasteiger partial charge on any atom is -0.466 e. The normalized spacial score (nSPS) is 10.0. The van der Waals surface area contributed by atoms with E-state index in [9.17, 15) is 9.59 Å². The van der Waals surface area contributed by atoms with Crippen molar-refractivity contribution in [3.63, 3.8) is 0 Å². The molecule has 0 spiro atoms. The van der Waals surface area contributed by atoms with Gasteiger partial charge in [-0.1, -0.05) is 35.5 Å². The van der Waals surface area contributed by atoms with Crippen molar-refractivity contribution < 1.29 is 14.3 Å². The molecule has 0 heterocycles. The van der Waals surface area contributed by atoms with Crippen LogP contribution in [0, 0.1) is 0 Å². The minimum atomic E-state index is -0.279. The molecule has 1 rings (SSSR count). The van der Waals surface area contributed by atoms with Crippen LogP contribution < -0.4 is 0 Å². The Labute approximate surface area is 109 Å². The van der Waals surface area contributed by atoms with Gasteiger partial charge in [0.25, 0.3) is 0 Å². The fraction of sp³-hybridized carbons (Fsp3) is 0.333. The smallest absolute Gasteiger partial charge is 0.306 e. The Morgan fingerprint density at radius 2 is 2.18 bits per heavy atom. The number of thioether (sulfide) groups is 1. The molecule has 1 aromatic rings. The molecular weight excluding hydrogens is 260 g/mol. The molecule has 0 amide bonds. The monoisotopic (exact) mass is 272 g/mol. The summed E-state index contributed by atoms with van der Waals surface area (Å²) in [7, 11) is 0.